The Bertz CT molecular complexity index is 1030. The van der Waals surface area contributed by atoms with Gasteiger partial charge in [-0.05, 0) is 54.7 Å². The summed E-state index contributed by atoms with van der Waals surface area (Å²) < 4.78 is 5.59. The Morgan fingerprint density at radius 2 is 2.00 bits per heavy atom. The number of nitrogens with one attached hydrogen (secondary N) is 3. The summed E-state index contributed by atoms with van der Waals surface area (Å²) in [5, 5.41) is 14.8. The van der Waals surface area contributed by atoms with Gasteiger partial charge in [-0.3, -0.25) is 14.4 Å². The lowest BCUT2D eigenvalue weighted by Gasteiger charge is -2.24. The monoisotopic (exact) mass is 482 g/mol. The number of nitrogens with zero attached hydrogens (tertiary/aromatic N) is 1. The quantitative estimate of drug-likeness (QED) is 0.338. The molecule has 1 saturated carbocycles. The fraction of sp³-hybridized carbons (Fsp3) is 0.440. The van der Waals surface area contributed by atoms with Crippen LogP contribution in [0.15, 0.2) is 41.8 Å². The third-order valence-electron chi connectivity index (χ3n) is 6.36. The minimum atomic E-state index is -0.506. The number of rotatable bonds is 11. The van der Waals surface area contributed by atoms with Crippen LogP contribution in [0, 0.1) is 10.8 Å². The summed E-state index contributed by atoms with van der Waals surface area (Å²) in [5.74, 6) is 0.178. The summed E-state index contributed by atoms with van der Waals surface area (Å²) in [6.45, 7) is 1.27. The highest BCUT2D eigenvalue weighted by Crippen LogP contribution is 2.54. The van der Waals surface area contributed by atoms with Crippen LogP contribution in [0.25, 0.3) is 0 Å². The number of ether oxygens (including phenoxy) is 1. The third kappa shape index (κ3) is 6.22. The fourth-order valence-electron chi connectivity index (χ4n) is 4.25. The van der Waals surface area contributed by atoms with E-state index in [1.807, 2.05) is 41.8 Å². The molecule has 2 heterocycles. The standard InChI is InChI=1S/C25H30N4O4S/c26-13-18-11-20(34-16-18)14-28-24(32)21-12-25(8-9-25)17-29(21)23(31)15-27-22(30)7-4-10-33-19-5-2-1-3-6-19/h1-3,5-6,11,13,16,21,26H,4,7-10,12,14-15,17H2,(H,27,30)(H,28,32). The van der Waals surface area contributed by atoms with Crippen molar-refractivity contribution >= 4 is 35.3 Å². The molecule has 1 atom stereocenters. The Morgan fingerprint density at radius 3 is 2.71 bits per heavy atom. The Hall–Kier alpha value is -3.20. The van der Waals surface area contributed by atoms with Crippen LogP contribution in [0.4, 0.5) is 0 Å². The summed E-state index contributed by atoms with van der Waals surface area (Å²) >= 11 is 1.49. The molecule has 1 aliphatic heterocycles. The number of amides is 3. The molecule has 1 aromatic carbocycles. The first-order valence-electron chi connectivity index (χ1n) is 11.6. The van der Waals surface area contributed by atoms with E-state index in [1.54, 1.807) is 4.90 Å². The van der Waals surface area contributed by atoms with Crippen LogP contribution in [0.1, 0.15) is 42.5 Å². The maximum atomic E-state index is 12.9. The number of thiophene rings is 1. The second kappa shape index (κ2) is 10.8. The van der Waals surface area contributed by atoms with E-state index in [0.29, 0.717) is 32.5 Å². The molecule has 8 nitrogen and oxygen atoms in total. The predicted octanol–water partition coefficient (Wildman–Crippen LogP) is 2.72. The second-order valence-electron chi connectivity index (χ2n) is 8.99. The molecule has 9 heteroatoms. The number of para-hydroxylation sites is 1. The molecule has 1 aliphatic carbocycles. The Morgan fingerprint density at radius 1 is 1.21 bits per heavy atom. The largest absolute Gasteiger partial charge is 0.494 e. The van der Waals surface area contributed by atoms with Crippen LogP contribution in [-0.2, 0) is 20.9 Å². The molecule has 0 bridgehead atoms. The lowest BCUT2D eigenvalue weighted by atomic mass is 10.0. The van der Waals surface area contributed by atoms with Crippen molar-refractivity contribution in [3.8, 4) is 5.75 Å². The normalized spacial score (nSPS) is 17.9. The van der Waals surface area contributed by atoms with E-state index in [-0.39, 0.29) is 36.1 Å². The summed E-state index contributed by atoms with van der Waals surface area (Å²) in [5.41, 5.74) is 0.874. The third-order valence-corrected chi connectivity index (χ3v) is 7.32. The predicted molar refractivity (Wildman–Crippen MR) is 130 cm³/mol. The molecule has 2 aliphatic rings. The van der Waals surface area contributed by atoms with E-state index >= 15 is 0 Å². The Kier molecular flexibility index (Phi) is 7.62. The van der Waals surface area contributed by atoms with Crippen LogP contribution in [0.2, 0.25) is 0 Å². The molecule has 34 heavy (non-hydrogen) atoms. The molecule has 1 aromatic heterocycles. The molecule has 1 unspecified atom stereocenters. The Labute approximate surface area is 203 Å². The minimum absolute atomic E-state index is 0.0622. The van der Waals surface area contributed by atoms with E-state index in [2.05, 4.69) is 10.6 Å². The van der Waals surface area contributed by atoms with Gasteiger partial charge in [-0.1, -0.05) is 18.2 Å². The zero-order valence-corrected chi connectivity index (χ0v) is 19.9. The average molecular weight is 483 g/mol. The SMILES string of the molecule is N=Cc1csc(CNC(=O)C2CC3(CC3)CN2C(=O)CNC(=O)CCCOc2ccccc2)c1. The minimum Gasteiger partial charge on any atom is -0.494 e. The number of hydrogen-bond donors (Lipinski definition) is 3. The van der Waals surface area contributed by atoms with Gasteiger partial charge in [0.1, 0.15) is 11.8 Å². The lowest BCUT2D eigenvalue weighted by Crippen LogP contribution is -2.48. The highest BCUT2D eigenvalue weighted by molar-refractivity contribution is 7.10. The Balaban J connectivity index is 1.21. The van der Waals surface area contributed by atoms with Gasteiger partial charge in [-0.15, -0.1) is 11.3 Å². The number of carbonyl (C=O) groups excluding carboxylic acids is 3. The van der Waals surface area contributed by atoms with Gasteiger partial charge in [0.15, 0.2) is 0 Å². The summed E-state index contributed by atoms with van der Waals surface area (Å²) in [6, 6.07) is 10.8. The first kappa shape index (κ1) is 23.9. The molecule has 0 radical (unpaired) electrons. The van der Waals surface area contributed by atoms with Crippen LogP contribution >= 0.6 is 11.3 Å². The molecule has 2 aromatic rings. The average Bonchev–Trinajstić information content (AvgIpc) is 3.27. The first-order valence-corrected chi connectivity index (χ1v) is 12.5. The van der Waals surface area contributed by atoms with Gasteiger partial charge in [-0.2, -0.15) is 0 Å². The maximum absolute atomic E-state index is 12.9. The summed E-state index contributed by atoms with van der Waals surface area (Å²) in [7, 11) is 0. The smallest absolute Gasteiger partial charge is 0.243 e. The van der Waals surface area contributed by atoms with Crippen molar-refractivity contribution in [1.82, 2.24) is 15.5 Å². The molecule has 2 fully saturated rings. The van der Waals surface area contributed by atoms with Crippen molar-refractivity contribution in [2.45, 2.75) is 44.7 Å². The molecule has 180 valence electrons. The van der Waals surface area contributed by atoms with E-state index in [4.69, 9.17) is 10.1 Å². The van der Waals surface area contributed by atoms with E-state index in [9.17, 15) is 14.4 Å². The molecule has 1 saturated heterocycles. The zero-order chi connectivity index (χ0) is 24.0. The number of hydrogen-bond acceptors (Lipinski definition) is 6. The van der Waals surface area contributed by atoms with Crippen molar-refractivity contribution in [1.29, 1.82) is 5.41 Å². The number of likely N-dealkylation sites (tertiary alicyclic amines) is 1. The maximum Gasteiger partial charge on any atom is 0.243 e. The summed E-state index contributed by atoms with van der Waals surface area (Å²) in [4.78, 5) is 40.6. The zero-order valence-electron chi connectivity index (χ0n) is 19.0. The van der Waals surface area contributed by atoms with Crippen LogP contribution < -0.4 is 15.4 Å². The lowest BCUT2D eigenvalue weighted by molar-refractivity contribution is -0.138. The molecule has 1 spiro atoms. The van der Waals surface area contributed by atoms with Gasteiger partial charge < -0.3 is 25.7 Å². The molecule has 4 rings (SSSR count). The number of carbonyl (C=O) groups is 3. The van der Waals surface area contributed by atoms with Crippen LogP contribution in [-0.4, -0.2) is 54.6 Å². The molecular formula is C25H30N4O4S. The van der Waals surface area contributed by atoms with Crippen molar-refractivity contribution in [3.05, 3.63) is 52.2 Å². The van der Waals surface area contributed by atoms with Crippen molar-refractivity contribution < 1.29 is 19.1 Å². The first-order chi connectivity index (χ1) is 16.5. The summed E-state index contributed by atoms with van der Waals surface area (Å²) in [6.07, 6.45) is 4.83. The number of benzene rings is 1. The highest BCUT2D eigenvalue weighted by Gasteiger charge is 2.55. The molecule has 3 amide bonds. The molecule has 3 N–H and O–H groups in total. The second-order valence-corrected chi connectivity index (χ2v) is 9.99. The topological polar surface area (TPSA) is 112 Å². The highest BCUT2D eigenvalue weighted by atomic mass is 32.1. The van der Waals surface area contributed by atoms with Gasteiger partial charge >= 0.3 is 0 Å². The van der Waals surface area contributed by atoms with E-state index in [0.717, 1.165) is 29.0 Å². The fourth-order valence-corrected chi connectivity index (χ4v) is 5.04. The van der Waals surface area contributed by atoms with Crippen LogP contribution in [0.3, 0.4) is 0 Å². The van der Waals surface area contributed by atoms with Crippen LogP contribution in [0.5, 0.6) is 5.75 Å². The van der Waals surface area contributed by atoms with Gasteiger partial charge in [0, 0.05) is 29.6 Å². The van der Waals surface area contributed by atoms with Crippen molar-refractivity contribution in [2.24, 2.45) is 5.41 Å². The molecular weight excluding hydrogens is 452 g/mol. The van der Waals surface area contributed by atoms with E-state index in [1.165, 1.54) is 17.6 Å². The van der Waals surface area contributed by atoms with Gasteiger partial charge in [0.25, 0.3) is 0 Å². The van der Waals surface area contributed by atoms with Gasteiger partial charge in [0.2, 0.25) is 17.7 Å². The van der Waals surface area contributed by atoms with Gasteiger partial charge in [0.05, 0.1) is 19.7 Å². The van der Waals surface area contributed by atoms with E-state index < -0.39 is 6.04 Å². The van der Waals surface area contributed by atoms with Crippen molar-refractivity contribution in [3.63, 3.8) is 0 Å². The van der Waals surface area contributed by atoms with Crippen molar-refractivity contribution in [2.75, 3.05) is 19.7 Å². The van der Waals surface area contributed by atoms with Gasteiger partial charge in [-0.25, -0.2) is 0 Å².